The Labute approximate surface area is 87.6 Å². The van der Waals surface area contributed by atoms with Gasteiger partial charge in [-0.1, -0.05) is 6.42 Å². The summed E-state index contributed by atoms with van der Waals surface area (Å²) in [7, 11) is 0. The summed E-state index contributed by atoms with van der Waals surface area (Å²) in [6.45, 7) is 0.871. The highest BCUT2D eigenvalue weighted by Gasteiger charge is 2.17. The molecule has 2 rings (SSSR count). The third-order valence-corrected chi connectivity index (χ3v) is 2.68. The van der Waals surface area contributed by atoms with Gasteiger partial charge in [0.05, 0.1) is 0 Å². The highest BCUT2D eigenvalue weighted by Crippen LogP contribution is 2.26. The fourth-order valence-electron chi connectivity index (χ4n) is 1.52. The number of aromatic carboxylic acids is 1. The molecular weight excluding hydrogens is 194 g/mol. The van der Waals surface area contributed by atoms with Crippen LogP contribution in [0, 0.1) is 5.92 Å². The minimum Gasteiger partial charge on any atom is -0.477 e. The first-order valence-corrected chi connectivity index (χ1v) is 5.05. The summed E-state index contributed by atoms with van der Waals surface area (Å²) in [6, 6.07) is 1.46. The normalized spacial score (nSPS) is 15.7. The summed E-state index contributed by atoms with van der Waals surface area (Å²) in [5.41, 5.74) is 0.0288. The Kier molecular flexibility index (Phi) is 2.80. The van der Waals surface area contributed by atoms with Gasteiger partial charge in [-0.2, -0.15) is 0 Å². The van der Waals surface area contributed by atoms with Crippen molar-refractivity contribution in [3.05, 3.63) is 18.1 Å². The Morgan fingerprint density at radius 1 is 1.53 bits per heavy atom. The third kappa shape index (κ3) is 2.43. The maximum absolute atomic E-state index is 10.6. The molecule has 1 saturated carbocycles. The van der Waals surface area contributed by atoms with Crippen LogP contribution in [-0.4, -0.2) is 27.6 Å². The van der Waals surface area contributed by atoms with Crippen LogP contribution in [0.1, 0.15) is 29.8 Å². The molecule has 0 amide bonds. The summed E-state index contributed by atoms with van der Waals surface area (Å²) in [5, 5.41) is 11.9. The molecule has 0 aromatic carbocycles. The van der Waals surface area contributed by atoms with Crippen molar-refractivity contribution in [1.82, 2.24) is 9.97 Å². The van der Waals surface area contributed by atoms with E-state index in [9.17, 15) is 4.79 Å². The first-order chi connectivity index (χ1) is 7.25. The van der Waals surface area contributed by atoms with Crippen LogP contribution in [0.2, 0.25) is 0 Å². The predicted molar refractivity (Wildman–Crippen MR) is 54.8 cm³/mol. The lowest BCUT2D eigenvalue weighted by Crippen LogP contribution is -2.21. The standard InChI is InChI=1S/C10H13N3O2/c14-10(15)8-4-9(13-6-12-8)11-5-7-2-1-3-7/h4,6-7H,1-3,5H2,(H,14,15)(H,11,12,13). The highest BCUT2D eigenvalue weighted by molar-refractivity contribution is 5.85. The molecule has 0 saturated heterocycles. The lowest BCUT2D eigenvalue weighted by molar-refractivity contribution is 0.0690. The van der Waals surface area contributed by atoms with E-state index in [1.807, 2.05) is 0 Å². The van der Waals surface area contributed by atoms with E-state index in [2.05, 4.69) is 15.3 Å². The Morgan fingerprint density at radius 2 is 2.33 bits per heavy atom. The predicted octanol–water partition coefficient (Wildman–Crippen LogP) is 1.39. The maximum atomic E-state index is 10.6. The van der Waals surface area contributed by atoms with Crippen molar-refractivity contribution in [3.63, 3.8) is 0 Å². The fraction of sp³-hybridized carbons (Fsp3) is 0.500. The summed E-state index contributed by atoms with van der Waals surface area (Å²) >= 11 is 0. The van der Waals surface area contributed by atoms with E-state index in [-0.39, 0.29) is 5.69 Å². The molecule has 2 N–H and O–H groups in total. The zero-order chi connectivity index (χ0) is 10.7. The van der Waals surface area contributed by atoms with Crippen molar-refractivity contribution in [2.75, 3.05) is 11.9 Å². The molecule has 0 atom stereocenters. The van der Waals surface area contributed by atoms with E-state index < -0.39 is 5.97 Å². The number of carbonyl (C=O) groups is 1. The molecule has 1 fully saturated rings. The molecule has 0 aliphatic heterocycles. The van der Waals surface area contributed by atoms with Gasteiger partial charge in [0, 0.05) is 12.6 Å². The first-order valence-electron chi connectivity index (χ1n) is 5.05. The largest absolute Gasteiger partial charge is 0.477 e. The van der Waals surface area contributed by atoms with Crippen LogP contribution in [0.4, 0.5) is 5.82 Å². The third-order valence-electron chi connectivity index (χ3n) is 2.68. The minimum absolute atomic E-state index is 0.0288. The van der Waals surface area contributed by atoms with E-state index in [1.54, 1.807) is 0 Å². The van der Waals surface area contributed by atoms with E-state index in [0.29, 0.717) is 11.7 Å². The molecule has 1 aromatic rings. The van der Waals surface area contributed by atoms with E-state index in [4.69, 9.17) is 5.11 Å². The van der Waals surface area contributed by atoms with Gasteiger partial charge in [-0.15, -0.1) is 0 Å². The average Bonchev–Trinajstić information content (AvgIpc) is 2.16. The molecule has 0 unspecified atom stereocenters. The summed E-state index contributed by atoms with van der Waals surface area (Å²) in [5.74, 6) is 0.284. The van der Waals surface area contributed by atoms with Crippen LogP contribution < -0.4 is 5.32 Å². The Morgan fingerprint density at radius 3 is 2.93 bits per heavy atom. The lowest BCUT2D eigenvalue weighted by atomic mass is 9.85. The van der Waals surface area contributed by atoms with Crippen molar-refractivity contribution >= 4 is 11.8 Å². The second kappa shape index (κ2) is 4.25. The fourth-order valence-corrected chi connectivity index (χ4v) is 1.52. The van der Waals surface area contributed by atoms with Crippen LogP contribution in [0.3, 0.4) is 0 Å². The maximum Gasteiger partial charge on any atom is 0.354 e. The minimum atomic E-state index is -1.02. The number of nitrogens with zero attached hydrogens (tertiary/aromatic N) is 2. The molecule has 1 aliphatic rings. The number of hydrogen-bond acceptors (Lipinski definition) is 4. The van der Waals surface area contributed by atoms with Crippen LogP contribution >= 0.6 is 0 Å². The van der Waals surface area contributed by atoms with Gasteiger partial charge in [0.1, 0.15) is 12.1 Å². The van der Waals surface area contributed by atoms with Gasteiger partial charge in [-0.05, 0) is 18.8 Å². The zero-order valence-electron chi connectivity index (χ0n) is 8.31. The number of anilines is 1. The number of carboxylic acid groups (broad SMARTS) is 1. The van der Waals surface area contributed by atoms with Crippen LogP contribution in [0.15, 0.2) is 12.4 Å². The van der Waals surface area contributed by atoms with Gasteiger partial charge >= 0.3 is 5.97 Å². The highest BCUT2D eigenvalue weighted by atomic mass is 16.4. The van der Waals surface area contributed by atoms with Crippen LogP contribution in [0.5, 0.6) is 0 Å². The SMILES string of the molecule is O=C(O)c1cc(NCC2CCC2)ncn1. The van der Waals surface area contributed by atoms with Gasteiger partial charge in [0.2, 0.25) is 0 Å². The molecular formula is C10H13N3O2. The molecule has 5 heteroatoms. The zero-order valence-corrected chi connectivity index (χ0v) is 8.31. The molecule has 1 heterocycles. The molecule has 1 aliphatic carbocycles. The summed E-state index contributed by atoms with van der Waals surface area (Å²) in [6.07, 6.45) is 5.08. The van der Waals surface area contributed by atoms with Gasteiger partial charge in [-0.3, -0.25) is 0 Å². The van der Waals surface area contributed by atoms with E-state index >= 15 is 0 Å². The second-order valence-electron chi connectivity index (χ2n) is 3.77. The number of nitrogens with one attached hydrogen (secondary N) is 1. The summed E-state index contributed by atoms with van der Waals surface area (Å²) < 4.78 is 0. The first kappa shape index (κ1) is 9.89. The molecule has 80 valence electrons. The van der Waals surface area contributed by atoms with E-state index in [1.165, 1.54) is 31.7 Å². The number of carboxylic acids is 1. The van der Waals surface area contributed by atoms with Crippen molar-refractivity contribution in [2.45, 2.75) is 19.3 Å². The van der Waals surface area contributed by atoms with Gasteiger partial charge in [-0.25, -0.2) is 14.8 Å². The van der Waals surface area contributed by atoms with Gasteiger partial charge < -0.3 is 10.4 Å². The number of rotatable bonds is 4. The lowest BCUT2D eigenvalue weighted by Gasteiger charge is -2.25. The Bertz CT molecular complexity index is 363. The Hall–Kier alpha value is -1.65. The van der Waals surface area contributed by atoms with Crippen molar-refractivity contribution in [3.8, 4) is 0 Å². The van der Waals surface area contributed by atoms with Crippen molar-refractivity contribution in [2.24, 2.45) is 5.92 Å². The quantitative estimate of drug-likeness (QED) is 0.780. The summed E-state index contributed by atoms with van der Waals surface area (Å²) in [4.78, 5) is 18.3. The molecule has 15 heavy (non-hydrogen) atoms. The average molecular weight is 207 g/mol. The topological polar surface area (TPSA) is 75.1 Å². The monoisotopic (exact) mass is 207 g/mol. The van der Waals surface area contributed by atoms with Crippen molar-refractivity contribution < 1.29 is 9.90 Å². The molecule has 0 spiro atoms. The van der Waals surface area contributed by atoms with Crippen molar-refractivity contribution in [1.29, 1.82) is 0 Å². The molecule has 0 bridgehead atoms. The van der Waals surface area contributed by atoms with Crippen LogP contribution in [0.25, 0.3) is 0 Å². The van der Waals surface area contributed by atoms with Gasteiger partial charge in [0.25, 0.3) is 0 Å². The second-order valence-corrected chi connectivity index (χ2v) is 3.77. The van der Waals surface area contributed by atoms with Gasteiger partial charge in [0.15, 0.2) is 5.69 Å². The Balaban J connectivity index is 1.94. The number of aromatic nitrogens is 2. The molecule has 5 nitrogen and oxygen atoms in total. The molecule has 0 radical (unpaired) electrons. The molecule has 1 aromatic heterocycles. The number of hydrogen-bond donors (Lipinski definition) is 2. The van der Waals surface area contributed by atoms with E-state index in [0.717, 1.165) is 6.54 Å². The van der Waals surface area contributed by atoms with Crippen LogP contribution in [-0.2, 0) is 0 Å². The smallest absolute Gasteiger partial charge is 0.354 e.